The zero-order valence-corrected chi connectivity index (χ0v) is 12.9. The fourth-order valence-electron chi connectivity index (χ4n) is 2.82. The Morgan fingerprint density at radius 3 is 2.62 bits per heavy atom. The molecule has 112 valence electrons. The lowest BCUT2D eigenvalue weighted by Crippen LogP contribution is -2.43. The Hall–Kier alpha value is -1.74. The van der Waals surface area contributed by atoms with E-state index in [2.05, 4.69) is 60.5 Å². The Balaban J connectivity index is 2.03. The molecular formula is C18H24N2O. The molecule has 2 aromatic carbocycles. The maximum Gasteiger partial charge on any atom is 0.143 e. The van der Waals surface area contributed by atoms with Crippen LogP contribution in [0.4, 0.5) is 5.69 Å². The van der Waals surface area contributed by atoms with Gasteiger partial charge in [0.1, 0.15) is 5.75 Å². The number of hydrogen-bond acceptors (Lipinski definition) is 3. The van der Waals surface area contributed by atoms with Crippen LogP contribution < -0.4 is 15.0 Å². The molecule has 3 heteroatoms. The van der Waals surface area contributed by atoms with E-state index in [1.807, 2.05) is 0 Å². The lowest BCUT2D eigenvalue weighted by atomic mass is 10.1. The number of nitrogens with one attached hydrogen (secondary N) is 1. The summed E-state index contributed by atoms with van der Waals surface area (Å²) in [6.07, 6.45) is 0. The van der Waals surface area contributed by atoms with E-state index in [4.69, 9.17) is 4.74 Å². The van der Waals surface area contributed by atoms with Gasteiger partial charge in [-0.3, -0.25) is 0 Å². The molecule has 21 heavy (non-hydrogen) atoms. The Morgan fingerprint density at radius 2 is 1.86 bits per heavy atom. The summed E-state index contributed by atoms with van der Waals surface area (Å²) in [6.45, 7) is 9.27. The molecule has 1 saturated heterocycles. The van der Waals surface area contributed by atoms with E-state index < -0.39 is 0 Å². The van der Waals surface area contributed by atoms with Crippen LogP contribution in [-0.2, 0) is 0 Å². The molecule has 1 aliphatic heterocycles. The van der Waals surface area contributed by atoms with Crippen molar-refractivity contribution in [2.24, 2.45) is 5.92 Å². The summed E-state index contributed by atoms with van der Waals surface area (Å²) in [4.78, 5) is 2.45. The first kappa shape index (κ1) is 14.2. The van der Waals surface area contributed by atoms with E-state index in [1.165, 1.54) is 16.5 Å². The van der Waals surface area contributed by atoms with Crippen molar-refractivity contribution < 1.29 is 4.74 Å². The monoisotopic (exact) mass is 284 g/mol. The van der Waals surface area contributed by atoms with Gasteiger partial charge in [0.15, 0.2) is 0 Å². The molecular weight excluding hydrogens is 260 g/mol. The maximum absolute atomic E-state index is 6.10. The molecule has 0 amide bonds. The van der Waals surface area contributed by atoms with Crippen LogP contribution >= 0.6 is 0 Å². The second-order valence-electron chi connectivity index (χ2n) is 6.08. The highest BCUT2D eigenvalue weighted by atomic mass is 16.5. The molecule has 1 N–H and O–H groups in total. The molecule has 1 heterocycles. The van der Waals surface area contributed by atoms with E-state index in [-0.39, 0.29) is 0 Å². The quantitative estimate of drug-likeness (QED) is 0.932. The number of hydrogen-bond donors (Lipinski definition) is 1. The van der Waals surface area contributed by atoms with Gasteiger partial charge in [0.25, 0.3) is 0 Å². The van der Waals surface area contributed by atoms with E-state index in [0.717, 1.165) is 38.5 Å². The van der Waals surface area contributed by atoms with Gasteiger partial charge in [0.2, 0.25) is 0 Å². The van der Waals surface area contributed by atoms with Crippen LogP contribution in [0.2, 0.25) is 0 Å². The first-order chi connectivity index (χ1) is 10.3. The first-order valence-electron chi connectivity index (χ1n) is 7.86. The van der Waals surface area contributed by atoms with Crippen molar-refractivity contribution in [2.45, 2.75) is 13.8 Å². The van der Waals surface area contributed by atoms with Crippen molar-refractivity contribution in [3.05, 3.63) is 36.4 Å². The number of ether oxygens (including phenoxy) is 1. The van der Waals surface area contributed by atoms with Crippen LogP contribution in [0.25, 0.3) is 10.8 Å². The third-order valence-electron chi connectivity index (χ3n) is 3.87. The van der Waals surface area contributed by atoms with Crippen LogP contribution in [-0.4, -0.2) is 32.8 Å². The lowest BCUT2D eigenvalue weighted by Gasteiger charge is -2.32. The molecule has 0 unspecified atom stereocenters. The summed E-state index contributed by atoms with van der Waals surface area (Å²) in [6, 6.07) is 12.9. The third kappa shape index (κ3) is 3.13. The molecule has 0 aliphatic carbocycles. The summed E-state index contributed by atoms with van der Waals surface area (Å²) < 4.78 is 6.10. The van der Waals surface area contributed by atoms with Crippen molar-refractivity contribution >= 4 is 16.5 Å². The smallest absolute Gasteiger partial charge is 0.143 e. The number of rotatable bonds is 4. The Labute approximate surface area is 126 Å². The van der Waals surface area contributed by atoms with Crippen LogP contribution in [0.15, 0.2) is 36.4 Å². The number of fused-ring (bicyclic) bond motifs is 1. The zero-order chi connectivity index (χ0) is 14.7. The minimum atomic E-state index is 0.535. The number of anilines is 1. The molecule has 1 fully saturated rings. The van der Waals surface area contributed by atoms with Crippen molar-refractivity contribution in [1.82, 2.24) is 5.32 Å². The third-order valence-corrected chi connectivity index (χ3v) is 3.87. The van der Waals surface area contributed by atoms with E-state index in [0.29, 0.717) is 5.92 Å². The van der Waals surface area contributed by atoms with Gasteiger partial charge < -0.3 is 15.0 Å². The van der Waals surface area contributed by atoms with E-state index >= 15 is 0 Å². The van der Waals surface area contributed by atoms with Gasteiger partial charge >= 0.3 is 0 Å². The molecule has 1 aliphatic rings. The highest BCUT2D eigenvalue weighted by molar-refractivity contribution is 5.97. The van der Waals surface area contributed by atoms with Gasteiger partial charge in [-0.2, -0.15) is 0 Å². The highest BCUT2D eigenvalue weighted by Gasteiger charge is 2.18. The molecule has 0 radical (unpaired) electrons. The van der Waals surface area contributed by atoms with E-state index in [9.17, 15) is 0 Å². The molecule has 0 aromatic heterocycles. The molecule has 0 saturated carbocycles. The fraction of sp³-hybridized carbons (Fsp3) is 0.444. The average Bonchev–Trinajstić information content (AvgIpc) is 2.53. The normalized spacial score (nSPS) is 15.7. The topological polar surface area (TPSA) is 24.5 Å². The van der Waals surface area contributed by atoms with E-state index in [1.54, 1.807) is 0 Å². The van der Waals surface area contributed by atoms with Crippen molar-refractivity contribution in [2.75, 3.05) is 37.7 Å². The molecule has 0 bridgehead atoms. The second kappa shape index (κ2) is 6.35. The predicted molar refractivity (Wildman–Crippen MR) is 89.4 cm³/mol. The average molecular weight is 284 g/mol. The van der Waals surface area contributed by atoms with Gasteiger partial charge in [-0.05, 0) is 17.4 Å². The van der Waals surface area contributed by atoms with Crippen LogP contribution in [0.5, 0.6) is 5.75 Å². The number of piperazine rings is 1. The Kier molecular flexibility index (Phi) is 4.30. The predicted octanol–water partition coefficient (Wildman–Crippen LogP) is 3.28. The summed E-state index contributed by atoms with van der Waals surface area (Å²) in [5, 5.41) is 5.99. The standard InChI is InChI=1S/C18H24N2O/c1-14(2)13-21-17-8-7-15-5-3-4-6-16(15)18(17)20-11-9-19-10-12-20/h3-8,14,19H,9-13H2,1-2H3. The minimum absolute atomic E-state index is 0.535. The highest BCUT2D eigenvalue weighted by Crippen LogP contribution is 2.36. The summed E-state index contributed by atoms with van der Waals surface area (Å²) in [5.74, 6) is 1.55. The van der Waals surface area contributed by atoms with Gasteiger partial charge in [0.05, 0.1) is 12.3 Å². The van der Waals surface area contributed by atoms with Crippen molar-refractivity contribution in [3.63, 3.8) is 0 Å². The molecule has 0 spiro atoms. The summed E-state index contributed by atoms with van der Waals surface area (Å²) >= 11 is 0. The Morgan fingerprint density at radius 1 is 1.10 bits per heavy atom. The number of nitrogens with zero attached hydrogens (tertiary/aromatic N) is 1. The second-order valence-corrected chi connectivity index (χ2v) is 6.08. The van der Waals surface area contributed by atoms with Crippen LogP contribution in [0.1, 0.15) is 13.8 Å². The van der Waals surface area contributed by atoms with Gasteiger partial charge in [-0.1, -0.05) is 44.2 Å². The molecule has 2 aromatic rings. The molecule has 0 atom stereocenters. The Bertz CT molecular complexity index is 603. The fourth-order valence-corrected chi connectivity index (χ4v) is 2.82. The maximum atomic E-state index is 6.10. The van der Waals surface area contributed by atoms with Crippen LogP contribution in [0.3, 0.4) is 0 Å². The summed E-state index contributed by atoms with van der Waals surface area (Å²) in [7, 11) is 0. The van der Waals surface area contributed by atoms with Gasteiger partial charge in [0, 0.05) is 31.6 Å². The minimum Gasteiger partial charge on any atom is -0.491 e. The summed E-state index contributed by atoms with van der Waals surface area (Å²) in [5.41, 5.74) is 1.26. The van der Waals surface area contributed by atoms with Gasteiger partial charge in [-0.15, -0.1) is 0 Å². The zero-order valence-electron chi connectivity index (χ0n) is 12.9. The van der Waals surface area contributed by atoms with Crippen LogP contribution in [0, 0.1) is 5.92 Å². The SMILES string of the molecule is CC(C)COc1ccc2ccccc2c1N1CCNCC1. The molecule has 3 nitrogen and oxygen atoms in total. The first-order valence-corrected chi connectivity index (χ1v) is 7.86. The van der Waals surface area contributed by atoms with Crippen molar-refractivity contribution in [3.8, 4) is 5.75 Å². The number of benzene rings is 2. The van der Waals surface area contributed by atoms with Crippen molar-refractivity contribution in [1.29, 1.82) is 0 Å². The largest absolute Gasteiger partial charge is 0.491 e. The van der Waals surface area contributed by atoms with Gasteiger partial charge in [-0.25, -0.2) is 0 Å². The lowest BCUT2D eigenvalue weighted by molar-refractivity contribution is 0.271. The molecule has 3 rings (SSSR count).